The maximum atomic E-state index is 12.4. The fraction of sp³-hybridized carbons (Fsp3) is 0.231. The maximum absolute atomic E-state index is 12.4. The first-order valence-corrected chi connectivity index (χ1v) is 6.82. The lowest BCUT2D eigenvalue weighted by Gasteiger charge is -2.14. The van der Waals surface area contributed by atoms with Crippen LogP contribution in [-0.2, 0) is 6.54 Å². The summed E-state index contributed by atoms with van der Waals surface area (Å²) in [5, 5.41) is 8.55. The Morgan fingerprint density at radius 3 is 2.95 bits per heavy atom. The van der Waals surface area contributed by atoms with Gasteiger partial charge in [0.05, 0.1) is 22.5 Å². The molecule has 0 saturated carbocycles. The average Bonchev–Trinajstić information content (AvgIpc) is 3.05. The van der Waals surface area contributed by atoms with Gasteiger partial charge in [0, 0.05) is 7.05 Å². The Hall–Kier alpha value is -2.28. The van der Waals surface area contributed by atoms with E-state index >= 15 is 0 Å². The van der Waals surface area contributed by atoms with E-state index in [4.69, 9.17) is 4.52 Å². The minimum Gasteiger partial charge on any atom is -0.350 e. The predicted molar refractivity (Wildman–Crippen MR) is 74.5 cm³/mol. The van der Waals surface area contributed by atoms with Crippen molar-refractivity contribution in [3.8, 4) is 0 Å². The molecule has 7 heteroatoms. The van der Waals surface area contributed by atoms with Crippen LogP contribution in [0.4, 0.5) is 0 Å². The molecule has 1 aromatic carbocycles. The zero-order chi connectivity index (χ0) is 14.1. The number of hydrogen-bond donors (Lipinski definition) is 0. The molecule has 0 bridgehead atoms. The Labute approximate surface area is 119 Å². The lowest BCUT2D eigenvalue weighted by molar-refractivity contribution is 0.0747. The van der Waals surface area contributed by atoms with Gasteiger partial charge in [0.1, 0.15) is 5.52 Å². The molecule has 0 fully saturated rings. The average molecular weight is 288 g/mol. The zero-order valence-corrected chi connectivity index (χ0v) is 11.8. The standard InChI is InChI=1S/C13H12N4O2S/c1-8-11(20-16-14-8)7-17(2)13(18)12-9-5-3-4-6-10(9)15-19-12/h3-6H,7H2,1-2H3. The van der Waals surface area contributed by atoms with E-state index in [9.17, 15) is 4.79 Å². The quantitative estimate of drug-likeness (QED) is 0.739. The van der Waals surface area contributed by atoms with E-state index in [0.29, 0.717) is 12.1 Å². The second-order valence-electron chi connectivity index (χ2n) is 4.47. The first-order valence-electron chi connectivity index (χ1n) is 6.04. The van der Waals surface area contributed by atoms with E-state index in [-0.39, 0.29) is 11.7 Å². The highest BCUT2D eigenvalue weighted by Gasteiger charge is 2.21. The number of carbonyl (C=O) groups is 1. The zero-order valence-electron chi connectivity index (χ0n) is 11.0. The lowest BCUT2D eigenvalue weighted by atomic mass is 10.2. The van der Waals surface area contributed by atoms with Gasteiger partial charge in [-0.05, 0) is 30.6 Å². The van der Waals surface area contributed by atoms with Gasteiger partial charge in [-0.1, -0.05) is 21.8 Å². The fourth-order valence-electron chi connectivity index (χ4n) is 1.90. The summed E-state index contributed by atoms with van der Waals surface area (Å²) >= 11 is 1.29. The normalized spacial score (nSPS) is 10.9. The van der Waals surface area contributed by atoms with E-state index in [1.807, 2.05) is 31.2 Å². The Morgan fingerprint density at radius 1 is 1.40 bits per heavy atom. The summed E-state index contributed by atoms with van der Waals surface area (Å²) in [6.07, 6.45) is 0. The molecule has 2 heterocycles. The molecule has 0 aliphatic rings. The number of amides is 1. The summed E-state index contributed by atoms with van der Waals surface area (Å²) in [5.74, 6) is 0.0599. The summed E-state index contributed by atoms with van der Waals surface area (Å²) in [5.41, 5.74) is 1.52. The minimum atomic E-state index is -0.202. The summed E-state index contributed by atoms with van der Waals surface area (Å²) < 4.78 is 9.04. The molecule has 0 atom stereocenters. The van der Waals surface area contributed by atoms with Crippen molar-refractivity contribution in [2.75, 3.05) is 7.05 Å². The first-order chi connectivity index (χ1) is 9.66. The molecular weight excluding hydrogens is 276 g/mol. The van der Waals surface area contributed by atoms with Crippen molar-refractivity contribution in [1.29, 1.82) is 0 Å². The Kier molecular flexibility index (Phi) is 3.19. The molecule has 20 heavy (non-hydrogen) atoms. The third kappa shape index (κ3) is 2.16. The van der Waals surface area contributed by atoms with Crippen LogP contribution < -0.4 is 0 Å². The van der Waals surface area contributed by atoms with Crippen LogP contribution in [0.1, 0.15) is 21.1 Å². The largest absolute Gasteiger partial charge is 0.350 e. The van der Waals surface area contributed by atoms with E-state index in [1.165, 1.54) is 11.5 Å². The topological polar surface area (TPSA) is 72.1 Å². The van der Waals surface area contributed by atoms with Crippen molar-refractivity contribution >= 4 is 28.3 Å². The Bertz CT molecular complexity index is 764. The van der Waals surface area contributed by atoms with Crippen molar-refractivity contribution in [2.45, 2.75) is 13.5 Å². The molecule has 102 valence electrons. The lowest BCUT2D eigenvalue weighted by Crippen LogP contribution is -2.25. The molecule has 0 N–H and O–H groups in total. The number of rotatable bonds is 3. The van der Waals surface area contributed by atoms with Gasteiger partial charge in [-0.2, -0.15) is 0 Å². The van der Waals surface area contributed by atoms with Crippen LogP contribution in [0.2, 0.25) is 0 Å². The first kappa shape index (κ1) is 12.7. The number of carbonyl (C=O) groups excluding carboxylic acids is 1. The molecule has 0 aliphatic heterocycles. The predicted octanol–water partition coefficient (Wildman–Crippen LogP) is 2.26. The monoisotopic (exact) mass is 288 g/mol. The molecular formula is C13H12N4O2S. The van der Waals surface area contributed by atoms with Gasteiger partial charge >= 0.3 is 0 Å². The van der Waals surface area contributed by atoms with Gasteiger partial charge in [-0.25, -0.2) is 0 Å². The Balaban J connectivity index is 1.87. The number of aryl methyl sites for hydroxylation is 1. The maximum Gasteiger partial charge on any atom is 0.293 e. The van der Waals surface area contributed by atoms with E-state index in [2.05, 4.69) is 14.7 Å². The molecule has 0 aliphatic carbocycles. The number of nitrogens with zero attached hydrogens (tertiary/aromatic N) is 4. The Morgan fingerprint density at radius 2 is 2.20 bits per heavy atom. The highest BCUT2D eigenvalue weighted by atomic mass is 32.1. The molecule has 3 aromatic rings. The van der Waals surface area contributed by atoms with Gasteiger partial charge in [-0.3, -0.25) is 4.79 Å². The van der Waals surface area contributed by atoms with Crippen LogP contribution in [0.25, 0.3) is 10.9 Å². The summed E-state index contributed by atoms with van der Waals surface area (Å²) in [4.78, 5) is 15.0. The highest BCUT2D eigenvalue weighted by molar-refractivity contribution is 7.05. The SMILES string of the molecule is Cc1nnsc1CN(C)C(=O)c1onc2ccccc12. The molecule has 0 unspecified atom stereocenters. The molecule has 0 saturated heterocycles. The summed E-state index contributed by atoms with van der Waals surface area (Å²) in [7, 11) is 1.72. The van der Waals surface area contributed by atoms with Crippen molar-refractivity contribution in [2.24, 2.45) is 0 Å². The van der Waals surface area contributed by atoms with E-state index in [0.717, 1.165) is 16.0 Å². The van der Waals surface area contributed by atoms with Crippen LogP contribution in [0.3, 0.4) is 0 Å². The fourth-order valence-corrected chi connectivity index (χ4v) is 2.59. The van der Waals surface area contributed by atoms with Gasteiger partial charge in [0.2, 0.25) is 5.76 Å². The second kappa shape index (κ2) is 5.01. The second-order valence-corrected chi connectivity index (χ2v) is 5.31. The molecule has 6 nitrogen and oxygen atoms in total. The van der Waals surface area contributed by atoms with Crippen molar-refractivity contribution in [3.63, 3.8) is 0 Å². The van der Waals surface area contributed by atoms with Crippen LogP contribution in [-0.4, -0.2) is 32.6 Å². The van der Waals surface area contributed by atoms with Gasteiger partial charge in [0.25, 0.3) is 5.91 Å². The highest BCUT2D eigenvalue weighted by Crippen LogP contribution is 2.20. The van der Waals surface area contributed by atoms with Crippen molar-refractivity contribution in [1.82, 2.24) is 19.6 Å². The molecule has 0 radical (unpaired) electrons. The minimum absolute atomic E-state index is 0.202. The third-order valence-corrected chi connectivity index (χ3v) is 3.86. The van der Waals surface area contributed by atoms with Gasteiger partial charge in [0.15, 0.2) is 0 Å². The number of aromatic nitrogens is 3. The molecule has 2 aromatic heterocycles. The van der Waals surface area contributed by atoms with Gasteiger partial charge in [-0.15, -0.1) is 5.10 Å². The van der Waals surface area contributed by atoms with Crippen molar-refractivity contribution < 1.29 is 9.32 Å². The molecule has 3 rings (SSSR count). The van der Waals surface area contributed by atoms with E-state index < -0.39 is 0 Å². The smallest absolute Gasteiger partial charge is 0.293 e. The van der Waals surface area contributed by atoms with Gasteiger partial charge < -0.3 is 9.42 Å². The van der Waals surface area contributed by atoms with Crippen LogP contribution >= 0.6 is 11.5 Å². The summed E-state index contributed by atoms with van der Waals surface area (Å²) in [6.45, 7) is 2.33. The molecule has 0 spiro atoms. The molecule has 1 amide bonds. The van der Waals surface area contributed by atoms with Crippen LogP contribution in [0.5, 0.6) is 0 Å². The van der Waals surface area contributed by atoms with Crippen molar-refractivity contribution in [3.05, 3.63) is 40.6 Å². The third-order valence-electron chi connectivity index (χ3n) is 3.05. The van der Waals surface area contributed by atoms with E-state index in [1.54, 1.807) is 11.9 Å². The number of fused-ring (bicyclic) bond motifs is 1. The van der Waals surface area contributed by atoms with Crippen LogP contribution in [0, 0.1) is 6.92 Å². The van der Waals surface area contributed by atoms with Crippen LogP contribution in [0.15, 0.2) is 28.8 Å². The number of benzene rings is 1. The summed E-state index contributed by atoms with van der Waals surface area (Å²) in [6, 6.07) is 7.35. The number of hydrogen-bond acceptors (Lipinski definition) is 6.